The van der Waals surface area contributed by atoms with Crippen molar-refractivity contribution in [2.45, 2.75) is 19.9 Å². The molecule has 0 aliphatic carbocycles. The number of aromatic amines is 1. The number of aromatic nitrogens is 3. The summed E-state index contributed by atoms with van der Waals surface area (Å²) in [5, 5.41) is 1.24. The summed E-state index contributed by atoms with van der Waals surface area (Å²) in [6.07, 6.45) is 0.872. The molecule has 1 aliphatic heterocycles. The summed E-state index contributed by atoms with van der Waals surface area (Å²) in [6, 6.07) is 9.83. The number of fused-ring (bicyclic) bond motifs is 5. The fourth-order valence-corrected chi connectivity index (χ4v) is 2.90. The second-order valence-electron chi connectivity index (χ2n) is 4.99. The van der Waals surface area contributed by atoms with E-state index in [2.05, 4.69) is 22.1 Å². The van der Waals surface area contributed by atoms with Crippen LogP contribution in [0.4, 0.5) is 0 Å². The predicted octanol–water partition coefficient (Wildman–Crippen LogP) is 2.26. The van der Waals surface area contributed by atoms with E-state index in [1.807, 2.05) is 19.1 Å². The number of benzene rings is 1. The van der Waals surface area contributed by atoms with E-state index < -0.39 is 0 Å². The minimum absolute atomic E-state index is 0.0341. The van der Waals surface area contributed by atoms with E-state index in [4.69, 9.17) is 0 Å². The lowest BCUT2D eigenvalue weighted by Gasteiger charge is -2.18. The lowest BCUT2D eigenvalue weighted by atomic mass is 10.0. The van der Waals surface area contributed by atoms with Crippen LogP contribution in [-0.2, 0) is 13.0 Å². The highest BCUT2D eigenvalue weighted by molar-refractivity contribution is 5.90. The van der Waals surface area contributed by atoms with Crippen molar-refractivity contribution in [2.24, 2.45) is 0 Å². The Labute approximate surface area is 109 Å². The monoisotopic (exact) mass is 251 g/mol. The largest absolute Gasteiger partial charge is 0.352 e. The molecule has 3 heterocycles. The zero-order valence-electron chi connectivity index (χ0n) is 10.6. The van der Waals surface area contributed by atoms with Crippen molar-refractivity contribution in [1.82, 2.24) is 14.5 Å². The average Bonchev–Trinajstić information content (AvgIpc) is 2.77. The summed E-state index contributed by atoms with van der Waals surface area (Å²) in [4.78, 5) is 20.0. The summed E-state index contributed by atoms with van der Waals surface area (Å²) in [7, 11) is 0. The Balaban J connectivity index is 2.12. The van der Waals surface area contributed by atoms with Crippen molar-refractivity contribution in [3.05, 3.63) is 51.9 Å². The molecular weight excluding hydrogens is 238 g/mol. The van der Waals surface area contributed by atoms with Gasteiger partial charge in [0.1, 0.15) is 0 Å². The van der Waals surface area contributed by atoms with Crippen LogP contribution in [0.2, 0.25) is 0 Å². The second kappa shape index (κ2) is 3.57. The molecule has 1 aromatic carbocycles. The number of H-pyrrole nitrogens is 1. The van der Waals surface area contributed by atoms with Crippen molar-refractivity contribution in [3.8, 4) is 11.5 Å². The van der Waals surface area contributed by atoms with Gasteiger partial charge in [-0.2, -0.15) is 0 Å². The highest BCUT2D eigenvalue weighted by atomic mass is 16.1. The highest BCUT2D eigenvalue weighted by Crippen LogP contribution is 2.32. The first kappa shape index (κ1) is 10.6. The summed E-state index contributed by atoms with van der Waals surface area (Å²) in [6.45, 7) is 2.56. The van der Waals surface area contributed by atoms with Gasteiger partial charge in [0.15, 0.2) is 5.82 Å². The number of aryl methyl sites for hydroxylation is 2. The van der Waals surface area contributed by atoms with E-state index >= 15 is 0 Å². The Bertz CT molecular complexity index is 857. The molecule has 4 rings (SSSR count). The number of nitrogens with one attached hydrogen (secondary N) is 1. The number of hydrogen-bond donors (Lipinski definition) is 1. The van der Waals surface area contributed by atoms with Gasteiger partial charge in [-0.15, -0.1) is 0 Å². The van der Waals surface area contributed by atoms with Gasteiger partial charge in [-0.25, -0.2) is 4.98 Å². The maximum Gasteiger partial charge on any atom is 0.254 e. The molecular formula is C15H13N3O. The predicted molar refractivity (Wildman–Crippen MR) is 74.2 cm³/mol. The molecule has 0 saturated carbocycles. The standard InChI is InChI=1S/C15H13N3O/c1-9-8-13(19)18-7-6-11-10-4-2-3-5-12(10)17-14(11)15(18)16-9/h2-5,8,17H,6-7H2,1H3. The normalized spacial score (nSPS) is 13.3. The maximum atomic E-state index is 12.0. The topological polar surface area (TPSA) is 50.7 Å². The lowest BCUT2D eigenvalue weighted by Crippen LogP contribution is -2.27. The van der Waals surface area contributed by atoms with Crippen LogP contribution in [0, 0.1) is 6.92 Å². The van der Waals surface area contributed by atoms with Gasteiger partial charge in [0, 0.05) is 29.2 Å². The summed E-state index contributed by atoms with van der Waals surface area (Å²) in [5.74, 6) is 0.766. The van der Waals surface area contributed by atoms with E-state index in [1.54, 1.807) is 10.6 Å². The number of para-hydroxylation sites is 1. The zero-order valence-corrected chi connectivity index (χ0v) is 10.6. The van der Waals surface area contributed by atoms with Gasteiger partial charge >= 0.3 is 0 Å². The highest BCUT2D eigenvalue weighted by Gasteiger charge is 2.22. The minimum Gasteiger partial charge on any atom is -0.352 e. The Kier molecular flexibility index (Phi) is 1.98. The van der Waals surface area contributed by atoms with Crippen molar-refractivity contribution in [1.29, 1.82) is 0 Å². The summed E-state index contributed by atoms with van der Waals surface area (Å²) < 4.78 is 1.75. The van der Waals surface area contributed by atoms with Crippen LogP contribution < -0.4 is 5.56 Å². The number of nitrogens with zero attached hydrogens (tertiary/aromatic N) is 2. The molecule has 0 fully saturated rings. The van der Waals surface area contributed by atoms with Gasteiger partial charge in [0.25, 0.3) is 5.56 Å². The number of hydrogen-bond acceptors (Lipinski definition) is 2. The van der Waals surface area contributed by atoms with Crippen LogP contribution in [0.25, 0.3) is 22.4 Å². The second-order valence-corrected chi connectivity index (χ2v) is 4.99. The smallest absolute Gasteiger partial charge is 0.254 e. The Morgan fingerprint density at radius 2 is 2.16 bits per heavy atom. The van der Waals surface area contributed by atoms with Gasteiger partial charge < -0.3 is 4.98 Å². The van der Waals surface area contributed by atoms with Crippen LogP contribution in [0.3, 0.4) is 0 Å². The molecule has 0 spiro atoms. The quantitative estimate of drug-likeness (QED) is 0.666. The van der Waals surface area contributed by atoms with Gasteiger partial charge in [0.2, 0.25) is 0 Å². The molecule has 2 aromatic heterocycles. The van der Waals surface area contributed by atoms with Gasteiger partial charge in [-0.3, -0.25) is 9.36 Å². The molecule has 0 atom stereocenters. The molecule has 4 heteroatoms. The van der Waals surface area contributed by atoms with Gasteiger partial charge in [-0.05, 0) is 25.0 Å². The first-order valence-corrected chi connectivity index (χ1v) is 6.42. The Hall–Kier alpha value is -2.36. The van der Waals surface area contributed by atoms with E-state index in [9.17, 15) is 4.79 Å². The molecule has 1 N–H and O–H groups in total. The number of rotatable bonds is 0. The summed E-state index contributed by atoms with van der Waals surface area (Å²) in [5.41, 5.74) is 4.17. The Morgan fingerprint density at radius 1 is 1.32 bits per heavy atom. The van der Waals surface area contributed by atoms with Gasteiger partial charge in [-0.1, -0.05) is 18.2 Å². The zero-order chi connectivity index (χ0) is 13.0. The van der Waals surface area contributed by atoms with E-state index in [1.165, 1.54) is 10.9 Å². The van der Waals surface area contributed by atoms with Crippen molar-refractivity contribution < 1.29 is 0 Å². The molecule has 0 amide bonds. The van der Waals surface area contributed by atoms with Crippen LogP contribution in [0.5, 0.6) is 0 Å². The van der Waals surface area contributed by atoms with E-state index in [-0.39, 0.29) is 5.56 Å². The third kappa shape index (κ3) is 1.40. The van der Waals surface area contributed by atoms with E-state index in [0.29, 0.717) is 6.54 Å². The fraction of sp³-hybridized carbons (Fsp3) is 0.200. The molecule has 0 bridgehead atoms. The van der Waals surface area contributed by atoms with Crippen LogP contribution in [-0.4, -0.2) is 14.5 Å². The minimum atomic E-state index is 0.0341. The van der Waals surface area contributed by atoms with E-state index in [0.717, 1.165) is 29.1 Å². The fourth-order valence-electron chi connectivity index (χ4n) is 2.90. The van der Waals surface area contributed by atoms with Gasteiger partial charge in [0.05, 0.1) is 5.69 Å². The lowest BCUT2D eigenvalue weighted by molar-refractivity contribution is 0.642. The molecule has 3 aromatic rings. The Morgan fingerprint density at radius 3 is 3.05 bits per heavy atom. The molecule has 0 saturated heterocycles. The van der Waals surface area contributed by atoms with Crippen LogP contribution in [0.15, 0.2) is 35.1 Å². The van der Waals surface area contributed by atoms with Crippen molar-refractivity contribution in [3.63, 3.8) is 0 Å². The molecule has 0 unspecified atom stereocenters. The summed E-state index contributed by atoms with van der Waals surface area (Å²) >= 11 is 0. The third-order valence-corrected chi connectivity index (χ3v) is 3.76. The molecule has 4 nitrogen and oxygen atoms in total. The van der Waals surface area contributed by atoms with Crippen molar-refractivity contribution in [2.75, 3.05) is 0 Å². The first-order valence-electron chi connectivity index (χ1n) is 6.42. The molecule has 94 valence electrons. The van der Waals surface area contributed by atoms with Crippen molar-refractivity contribution >= 4 is 10.9 Å². The van der Waals surface area contributed by atoms with Crippen LogP contribution >= 0.6 is 0 Å². The molecule has 0 radical (unpaired) electrons. The molecule has 1 aliphatic rings. The molecule has 19 heavy (non-hydrogen) atoms. The first-order chi connectivity index (χ1) is 9.24. The van der Waals surface area contributed by atoms with Crippen LogP contribution in [0.1, 0.15) is 11.3 Å². The third-order valence-electron chi connectivity index (χ3n) is 3.76. The maximum absolute atomic E-state index is 12.0. The average molecular weight is 251 g/mol. The SMILES string of the molecule is Cc1cc(=O)n2c(n1)-c1[nH]c3ccccc3c1CC2.